The van der Waals surface area contributed by atoms with Gasteiger partial charge in [0.15, 0.2) is 0 Å². The molecular weight excluding hydrogens is 346 g/mol. The summed E-state index contributed by atoms with van der Waals surface area (Å²) >= 11 is 0. The summed E-state index contributed by atoms with van der Waals surface area (Å²) in [5.74, 6) is 0.732. The SMILES string of the molecule is CCCC(=O)N1CCCC1c1nc2c(c(=O)[nH]1)CN(C(=O)CN(C)C)CC2. The Morgan fingerprint density at radius 3 is 2.74 bits per heavy atom. The van der Waals surface area contributed by atoms with E-state index in [1.165, 1.54) is 0 Å². The molecule has 0 aromatic carbocycles. The topological polar surface area (TPSA) is 89.6 Å². The van der Waals surface area contributed by atoms with Gasteiger partial charge in [-0.15, -0.1) is 0 Å². The molecule has 2 amide bonds. The molecular formula is C19H29N5O3. The quantitative estimate of drug-likeness (QED) is 0.817. The Balaban J connectivity index is 1.81. The molecule has 0 saturated carbocycles. The molecule has 0 aliphatic carbocycles. The van der Waals surface area contributed by atoms with E-state index >= 15 is 0 Å². The highest BCUT2D eigenvalue weighted by Crippen LogP contribution is 2.30. The summed E-state index contributed by atoms with van der Waals surface area (Å²) < 4.78 is 0. The van der Waals surface area contributed by atoms with Crippen LogP contribution in [0.25, 0.3) is 0 Å². The lowest BCUT2D eigenvalue weighted by atomic mass is 10.1. The number of hydrogen-bond donors (Lipinski definition) is 1. The lowest BCUT2D eigenvalue weighted by molar-refractivity contribution is -0.133. The summed E-state index contributed by atoms with van der Waals surface area (Å²) in [6.07, 6.45) is 3.65. The maximum Gasteiger partial charge on any atom is 0.256 e. The zero-order valence-electron chi connectivity index (χ0n) is 16.5. The number of likely N-dealkylation sites (N-methyl/N-ethyl adjacent to an activating group) is 1. The van der Waals surface area contributed by atoms with Crippen molar-refractivity contribution in [3.8, 4) is 0 Å². The van der Waals surface area contributed by atoms with Gasteiger partial charge in [0.25, 0.3) is 5.56 Å². The third-order valence-electron chi connectivity index (χ3n) is 5.24. The number of fused-ring (bicyclic) bond motifs is 1. The molecule has 8 nitrogen and oxygen atoms in total. The third kappa shape index (κ3) is 4.21. The Labute approximate surface area is 159 Å². The normalized spacial score (nSPS) is 19.5. The van der Waals surface area contributed by atoms with Gasteiger partial charge in [0.05, 0.1) is 30.4 Å². The fraction of sp³-hybridized carbons (Fsp3) is 0.684. The third-order valence-corrected chi connectivity index (χ3v) is 5.24. The number of likely N-dealkylation sites (tertiary alicyclic amines) is 1. The van der Waals surface area contributed by atoms with Crippen LogP contribution in [-0.2, 0) is 22.6 Å². The summed E-state index contributed by atoms with van der Waals surface area (Å²) in [4.78, 5) is 50.3. The van der Waals surface area contributed by atoms with E-state index in [0.717, 1.165) is 31.5 Å². The van der Waals surface area contributed by atoms with E-state index in [9.17, 15) is 14.4 Å². The van der Waals surface area contributed by atoms with E-state index in [-0.39, 0.29) is 23.4 Å². The van der Waals surface area contributed by atoms with Crippen molar-refractivity contribution >= 4 is 11.8 Å². The second kappa shape index (κ2) is 8.21. The largest absolute Gasteiger partial charge is 0.337 e. The summed E-state index contributed by atoms with van der Waals surface area (Å²) in [5.41, 5.74) is 1.14. The first-order chi connectivity index (χ1) is 12.9. The van der Waals surface area contributed by atoms with Gasteiger partial charge in [-0.2, -0.15) is 0 Å². The van der Waals surface area contributed by atoms with Gasteiger partial charge in [-0.25, -0.2) is 4.98 Å². The smallest absolute Gasteiger partial charge is 0.256 e. The predicted octanol–water partition coefficient (Wildman–Crippen LogP) is 0.680. The molecule has 27 heavy (non-hydrogen) atoms. The fourth-order valence-corrected chi connectivity index (χ4v) is 3.89. The molecule has 2 aliphatic heterocycles. The lowest BCUT2D eigenvalue weighted by Crippen LogP contribution is -2.43. The van der Waals surface area contributed by atoms with Crippen LogP contribution in [0.15, 0.2) is 4.79 Å². The van der Waals surface area contributed by atoms with Gasteiger partial charge in [-0.1, -0.05) is 6.92 Å². The van der Waals surface area contributed by atoms with Crippen molar-refractivity contribution in [2.24, 2.45) is 0 Å². The Kier molecular flexibility index (Phi) is 5.94. The Morgan fingerprint density at radius 2 is 2.04 bits per heavy atom. The van der Waals surface area contributed by atoms with Gasteiger partial charge in [0, 0.05) is 25.9 Å². The summed E-state index contributed by atoms with van der Waals surface area (Å²) in [6, 6.07) is -0.143. The van der Waals surface area contributed by atoms with Crippen LogP contribution in [0.4, 0.5) is 0 Å². The molecule has 148 valence electrons. The number of hydrogen-bond acceptors (Lipinski definition) is 5. The minimum Gasteiger partial charge on any atom is -0.337 e. The molecule has 1 saturated heterocycles. The van der Waals surface area contributed by atoms with Crippen LogP contribution >= 0.6 is 0 Å². The second-order valence-corrected chi connectivity index (χ2v) is 7.67. The molecule has 1 fully saturated rings. The first-order valence-corrected chi connectivity index (χ1v) is 9.74. The highest BCUT2D eigenvalue weighted by molar-refractivity contribution is 5.78. The monoisotopic (exact) mass is 375 g/mol. The number of carbonyl (C=O) groups is 2. The lowest BCUT2D eigenvalue weighted by Gasteiger charge is -2.30. The number of H-pyrrole nitrogens is 1. The number of nitrogens with zero attached hydrogens (tertiary/aromatic N) is 4. The van der Waals surface area contributed by atoms with Crippen LogP contribution in [0.2, 0.25) is 0 Å². The van der Waals surface area contributed by atoms with Crippen LogP contribution in [0.1, 0.15) is 55.7 Å². The summed E-state index contributed by atoms with van der Waals surface area (Å²) in [5, 5.41) is 0. The van der Waals surface area contributed by atoms with E-state index in [2.05, 4.69) is 4.98 Å². The van der Waals surface area contributed by atoms with E-state index in [1.807, 2.05) is 30.8 Å². The molecule has 1 aromatic rings. The molecule has 8 heteroatoms. The highest BCUT2D eigenvalue weighted by atomic mass is 16.2. The number of carbonyl (C=O) groups excluding carboxylic acids is 2. The molecule has 3 rings (SSSR count). The minimum atomic E-state index is -0.188. The second-order valence-electron chi connectivity index (χ2n) is 7.67. The van der Waals surface area contributed by atoms with Crippen LogP contribution < -0.4 is 5.56 Å². The van der Waals surface area contributed by atoms with Gasteiger partial charge >= 0.3 is 0 Å². The van der Waals surface area contributed by atoms with Gasteiger partial charge in [-0.3, -0.25) is 14.4 Å². The van der Waals surface area contributed by atoms with Gasteiger partial charge in [-0.05, 0) is 33.4 Å². The molecule has 1 N–H and O–H groups in total. The van der Waals surface area contributed by atoms with Gasteiger partial charge < -0.3 is 19.7 Å². The molecule has 1 aromatic heterocycles. The maximum atomic E-state index is 12.7. The number of nitrogens with one attached hydrogen (secondary N) is 1. The number of amides is 2. The average Bonchev–Trinajstić information content (AvgIpc) is 3.11. The Hall–Kier alpha value is -2.22. The van der Waals surface area contributed by atoms with Crippen LogP contribution in [0, 0.1) is 0 Å². The summed E-state index contributed by atoms with van der Waals surface area (Å²) in [7, 11) is 3.70. The van der Waals surface area contributed by atoms with Crippen molar-refractivity contribution in [3.63, 3.8) is 0 Å². The van der Waals surface area contributed by atoms with Crippen molar-refractivity contribution in [3.05, 3.63) is 27.4 Å². The van der Waals surface area contributed by atoms with E-state index in [0.29, 0.717) is 43.9 Å². The van der Waals surface area contributed by atoms with Crippen LogP contribution in [0.3, 0.4) is 0 Å². The molecule has 0 spiro atoms. The van der Waals surface area contributed by atoms with Crippen LogP contribution in [-0.4, -0.2) is 70.2 Å². The summed E-state index contributed by atoms with van der Waals surface area (Å²) in [6.45, 7) is 3.91. The standard InChI is InChI=1S/C19H29N5O3/c1-4-6-16(25)24-9-5-7-15(24)18-20-14-8-10-23(17(26)12-22(2)3)11-13(14)19(27)21-18/h15H,4-12H2,1-3H3,(H,20,21,27). The van der Waals surface area contributed by atoms with Crippen LogP contribution in [0.5, 0.6) is 0 Å². The fourth-order valence-electron chi connectivity index (χ4n) is 3.89. The van der Waals surface area contributed by atoms with Crippen molar-refractivity contribution in [2.75, 3.05) is 33.7 Å². The first kappa shape index (κ1) is 19.5. The van der Waals surface area contributed by atoms with E-state index in [1.54, 1.807) is 4.90 Å². The van der Waals surface area contributed by atoms with Crippen molar-refractivity contribution < 1.29 is 9.59 Å². The minimum absolute atomic E-state index is 0.0151. The zero-order chi connectivity index (χ0) is 19.6. The van der Waals surface area contributed by atoms with Crippen molar-refractivity contribution in [1.82, 2.24) is 24.7 Å². The van der Waals surface area contributed by atoms with E-state index < -0.39 is 0 Å². The molecule has 0 radical (unpaired) electrons. The number of aromatic amines is 1. The van der Waals surface area contributed by atoms with Gasteiger partial charge in [0.1, 0.15) is 5.82 Å². The number of rotatable bonds is 5. The predicted molar refractivity (Wildman–Crippen MR) is 101 cm³/mol. The Bertz CT molecular complexity index is 773. The molecule has 1 atom stereocenters. The number of aromatic nitrogens is 2. The average molecular weight is 375 g/mol. The maximum absolute atomic E-state index is 12.7. The highest BCUT2D eigenvalue weighted by Gasteiger charge is 2.33. The van der Waals surface area contributed by atoms with E-state index in [4.69, 9.17) is 4.98 Å². The molecule has 2 aliphatic rings. The molecule has 1 unspecified atom stereocenters. The molecule has 0 bridgehead atoms. The first-order valence-electron chi connectivity index (χ1n) is 9.74. The Morgan fingerprint density at radius 1 is 1.26 bits per heavy atom. The van der Waals surface area contributed by atoms with Gasteiger partial charge in [0.2, 0.25) is 11.8 Å². The van der Waals surface area contributed by atoms with Crippen molar-refractivity contribution in [2.45, 2.75) is 51.6 Å². The van der Waals surface area contributed by atoms with Crippen molar-refractivity contribution in [1.29, 1.82) is 0 Å². The molecule has 3 heterocycles. The zero-order valence-corrected chi connectivity index (χ0v) is 16.5.